The molecule has 2 heterocycles. The summed E-state index contributed by atoms with van der Waals surface area (Å²) in [6.45, 7) is 17.3. The van der Waals surface area contributed by atoms with Gasteiger partial charge >= 0.3 is 0 Å². The maximum absolute atomic E-state index is 11.4. The fraction of sp³-hybridized carbons (Fsp3) is 0.186. The number of hydrogen-bond acceptors (Lipinski definition) is 3. The second-order valence-electron chi connectivity index (χ2n) is 18.9. The van der Waals surface area contributed by atoms with Gasteiger partial charge in [0.05, 0.1) is 22.3 Å². The fourth-order valence-corrected chi connectivity index (χ4v) is 8.75. The van der Waals surface area contributed by atoms with Gasteiger partial charge in [0.2, 0.25) is 0 Å². The number of pyridine rings is 1. The van der Waals surface area contributed by atoms with Crippen LogP contribution in [0.2, 0.25) is 0 Å². The van der Waals surface area contributed by atoms with Crippen molar-refractivity contribution in [2.75, 3.05) is 0 Å². The molecule has 63 heavy (non-hydrogen) atoms. The Kier molecular flexibility index (Phi) is 10.4. The first-order chi connectivity index (χ1) is 30.5. The number of para-hydroxylation sites is 2. The summed E-state index contributed by atoms with van der Waals surface area (Å²) in [5, 5.41) is 11.4. The Morgan fingerprint density at radius 3 is 1.86 bits per heavy atom. The molecule has 2 aromatic heterocycles. The van der Waals surface area contributed by atoms with Crippen molar-refractivity contribution >= 4 is 11.0 Å². The normalized spacial score (nSPS) is 12.4. The SMILES string of the molecule is [2H]C(C)(C)c1cc(-n2c(-c3ccccc3O)nc3c(-c4cc(-c5cc(-c6ccc(-c7ccccc7)cc6)ccn5)cc(C(C)(C)C)c4)cccc32)ccc1-c1ccccc1C(C)(C)C. The van der Waals surface area contributed by atoms with Crippen LogP contribution in [-0.4, -0.2) is 19.6 Å². The van der Waals surface area contributed by atoms with E-state index in [1.807, 2.05) is 44.3 Å². The standard InChI is InChI=1S/C59H55N3O/c1-38(2)51-37-46(29-30-48(51)49-19-12-14-22-52(49)59(6,7)8)62-54-23-16-21-47(56(54)61-57(62)50-20-13-15-24-55(50)63)43-33-44(35-45(34-43)58(3,4)5)53-36-42(31-32-60-53)41-27-25-40(26-28-41)39-17-10-9-11-18-39/h9-38,63H,1-8H3/i38D. The fourth-order valence-electron chi connectivity index (χ4n) is 8.75. The predicted molar refractivity (Wildman–Crippen MR) is 265 cm³/mol. The van der Waals surface area contributed by atoms with E-state index in [4.69, 9.17) is 9.97 Å². The number of fused-ring (bicyclic) bond motifs is 1. The van der Waals surface area contributed by atoms with E-state index in [0.29, 0.717) is 11.4 Å². The van der Waals surface area contributed by atoms with Crippen molar-refractivity contribution in [1.29, 1.82) is 0 Å². The zero-order valence-corrected chi connectivity index (χ0v) is 37.5. The zero-order valence-electron chi connectivity index (χ0n) is 38.5. The van der Waals surface area contributed by atoms with E-state index in [1.165, 1.54) is 22.3 Å². The van der Waals surface area contributed by atoms with Crippen molar-refractivity contribution in [1.82, 2.24) is 14.5 Å². The van der Waals surface area contributed by atoms with E-state index >= 15 is 0 Å². The summed E-state index contributed by atoms with van der Waals surface area (Å²) in [6, 6.07) is 59.0. The molecule has 0 spiro atoms. The second-order valence-corrected chi connectivity index (χ2v) is 18.9. The predicted octanol–water partition coefficient (Wildman–Crippen LogP) is 15.8. The van der Waals surface area contributed by atoms with Crippen LogP contribution in [0, 0.1) is 0 Å². The lowest BCUT2D eigenvalue weighted by Gasteiger charge is -2.25. The van der Waals surface area contributed by atoms with Gasteiger partial charge in [0, 0.05) is 24.4 Å². The molecule has 0 atom stereocenters. The van der Waals surface area contributed by atoms with E-state index in [0.717, 1.165) is 66.9 Å². The van der Waals surface area contributed by atoms with Crippen LogP contribution in [0.4, 0.5) is 0 Å². The lowest BCUT2D eigenvalue weighted by molar-refractivity contribution is 0.477. The zero-order chi connectivity index (χ0) is 45.0. The van der Waals surface area contributed by atoms with Crippen molar-refractivity contribution in [2.45, 2.75) is 72.1 Å². The highest BCUT2D eigenvalue weighted by Crippen LogP contribution is 2.42. The summed E-state index contributed by atoms with van der Waals surface area (Å²) in [5.41, 5.74) is 17.0. The number of benzene rings is 7. The summed E-state index contributed by atoms with van der Waals surface area (Å²) >= 11 is 0. The van der Waals surface area contributed by atoms with Crippen LogP contribution in [0.1, 0.15) is 79.3 Å². The average molecular weight is 823 g/mol. The Morgan fingerprint density at radius 2 is 1.16 bits per heavy atom. The maximum atomic E-state index is 11.4. The number of imidazole rings is 1. The summed E-state index contributed by atoms with van der Waals surface area (Å²) in [7, 11) is 0. The third kappa shape index (κ3) is 8.10. The molecular formula is C59H55N3O. The molecule has 0 bridgehead atoms. The molecule has 0 fully saturated rings. The topological polar surface area (TPSA) is 50.9 Å². The van der Waals surface area contributed by atoms with Gasteiger partial charge in [-0.2, -0.15) is 0 Å². The van der Waals surface area contributed by atoms with Gasteiger partial charge in [-0.05, 0) is 127 Å². The van der Waals surface area contributed by atoms with Crippen LogP contribution in [0.5, 0.6) is 5.75 Å². The number of aromatic nitrogens is 3. The molecule has 0 saturated carbocycles. The van der Waals surface area contributed by atoms with Gasteiger partial charge in [-0.25, -0.2) is 4.98 Å². The van der Waals surface area contributed by atoms with E-state index < -0.39 is 5.89 Å². The number of aromatic hydroxyl groups is 1. The van der Waals surface area contributed by atoms with Crippen LogP contribution in [0.3, 0.4) is 0 Å². The molecule has 4 nitrogen and oxygen atoms in total. The molecule has 0 aliphatic carbocycles. The van der Waals surface area contributed by atoms with Gasteiger partial charge in [0.25, 0.3) is 0 Å². The van der Waals surface area contributed by atoms with Crippen LogP contribution in [0.15, 0.2) is 176 Å². The van der Waals surface area contributed by atoms with Crippen molar-refractivity contribution in [2.24, 2.45) is 0 Å². The summed E-state index contributed by atoms with van der Waals surface area (Å²) in [5.74, 6) is -0.153. The molecule has 1 N–H and O–H groups in total. The highest BCUT2D eigenvalue weighted by atomic mass is 16.3. The van der Waals surface area contributed by atoms with Gasteiger partial charge < -0.3 is 5.11 Å². The minimum atomic E-state index is -0.923. The first-order valence-corrected chi connectivity index (χ1v) is 21.9. The summed E-state index contributed by atoms with van der Waals surface area (Å²) < 4.78 is 11.6. The number of nitrogens with zero attached hydrogens (tertiary/aromatic N) is 3. The second kappa shape index (κ2) is 16.3. The van der Waals surface area contributed by atoms with Crippen molar-refractivity contribution in [3.05, 3.63) is 193 Å². The van der Waals surface area contributed by atoms with Crippen molar-refractivity contribution < 1.29 is 6.48 Å². The Bertz CT molecular complexity index is 3160. The molecule has 0 radical (unpaired) electrons. The van der Waals surface area contributed by atoms with Gasteiger partial charge in [-0.15, -0.1) is 0 Å². The number of phenolic OH excluding ortho intramolecular Hbond substituents is 1. The Morgan fingerprint density at radius 1 is 0.524 bits per heavy atom. The van der Waals surface area contributed by atoms with Gasteiger partial charge in [0.1, 0.15) is 11.6 Å². The van der Waals surface area contributed by atoms with Crippen molar-refractivity contribution in [3.8, 4) is 78.6 Å². The van der Waals surface area contributed by atoms with Crippen LogP contribution >= 0.6 is 0 Å². The minimum absolute atomic E-state index is 0.0915. The lowest BCUT2D eigenvalue weighted by atomic mass is 9.80. The molecular weight excluding hydrogens is 767 g/mol. The van der Waals surface area contributed by atoms with Gasteiger partial charge in [-0.3, -0.25) is 9.55 Å². The molecule has 9 aromatic rings. The molecule has 0 amide bonds. The molecule has 0 unspecified atom stereocenters. The molecule has 9 rings (SSSR count). The molecule has 0 aliphatic heterocycles. The first kappa shape index (κ1) is 40.1. The van der Waals surface area contributed by atoms with Crippen LogP contribution < -0.4 is 0 Å². The average Bonchev–Trinajstić information content (AvgIpc) is 3.68. The minimum Gasteiger partial charge on any atom is -0.507 e. The monoisotopic (exact) mass is 822 g/mol. The summed E-state index contributed by atoms with van der Waals surface area (Å²) in [6.07, 6.45) is 1.90. The van der Waals surface area contributed by atoms with E-state index in [1.54, 1.807) is 6.07 Å². The van der Waals surface area contributed by atoms with E-state index in [-0.39, 0.29) is 16.6 Å². The first-order valence-electron chi connectivity index (χ1n) is 22.4. The molecule has 312 valence electrons. The molecule has 4 heteroatoms. The third-order valence-corrected chi connectivity index (χ3v) is 12.1. The number of phenols is 1. The van der Waals surface area contributed by atoms with E-state index in [2.05, 4.69) is 186 Å². The highest BCUT2D eigenvalue weighted by Gasteiger charge is 2.25. The quantitative estimate of drug-likeness (QED) is 0.166. The Balaban J connectivity index is 1.22. The Hall–Kier alpha value is -7.04. The molecule has 0 aliphatic rings. The smallest absolute Gasteiger partial charge is 0.149 e. The highest BCUT2D eigenvalue weighted by molar-refractivity contribution is 5.97. The lowest BCUT2D eigenvalue weighted by Crippen LogP contribution is -2.13. The number of rotatable bonds is 8. The molecule has 7 aromatic carbocycles. The van der Waals surface area contributed by atoms with Gasteiger partial charge in [0.15, 0.2) is 0 Å². The van der Waals surface area contributed by atoms with Crippen LogP contribution in [0.25, 0.3) is 83.9 Å². The maximum Gasteiger partial charge on any atom is 0.149 e. The van der Waals surface area contributed by atoms with Crippen LogP contribution in [-0.2, 0) is 10.8 Å². The summed E-state index contributed by atoms with van der Waals surface area (Å²) in [4.78, 5) is 10.4. The van der Waals surface area contributed by atoms with Gasteiger partial charge in [-0.1, -0.05) is 171 Å². The molecule has 0 saturated heterocycles. The third-order valence-electron chi connectivity index (χ3n) is 12.1. The van der Waals surface area contributed by atoms with E-state index in [9.17, 15) is 6.48 Å². The Labute approximate surface area is 374 Å². The van der Waals surface area contributed by atoms with Crippen molar-refractivity contribution in [3.63, 3.8) is 0 Å². The number of hydrogen-bond donors (Lipinski definition) is 1. The largest absolute Gasteiger partial charge is 0.507 e.